The number of fused-ring (bicyclic) bond motifs is 1. The number of unbranched alkanes of at least 4 members (excludes halogenated alkanes) is 1. The summed E-state index contributed by atoms with van der Waals surface area (Å²) in [7, 11) is 0. The number of hydrogen-bond donors (Lipinski definition) is 0. The van der Waals surface area contributed by atoms with E-state index in [0.29, 0.717) is 0 Å². The molecule has 0 atom stereocenters. The summed E-state index contributed by atoms with van der Waals surface area (Å²) in [5.74, 6) is 0.968. The molecule has 0 amide bonds. The molecule has 0 bridgehead atoms. The molecule has 4 heteroatoms. The minimum absolute atomic E-state index is 0.101. The summed E-state index contributed by atoms with van der Waals surface area (Å²) in [6, 6.07) is 5.75. The number of benzene rings is 1. The molecule has 1 aromatic carbocycles. The molecule has 0 saturated heterocycles. The van der Waals surface area contributed by atoms with Gasteiger partial charge in [-0.25, -0.2) is 0 Å². The van der Waals surface area contributed by atoms with Gasteiger partial charge in [-0.2, -0.15) is 0 Å². The Morgan fingerprint density at radius 1 is 1.39 bits per heavy atom. The van der Waals surface area contributed by atoms with Gasteiger partial charge in [0.1, 0.15) is 8.98 Å². The standard InChI is InChI=1S/C14H16Br2O2/c1-2-3-8-18-11-4-5-12-10(9-11)6-7-14(15,16)13(12)17/h4-5,9H,2-3,6-8H2,1H3. The van der Waals surface area contributed by atoms with Crippen LogP contribution in [0.1, 0.15) is 42.1 Å². The van der Waals surface area contributed by atoms with Crippen molar-refractivity contribution in [2.24, 2.45) is 0 Å². The lowest BCUT2D eigenvalue weighted by molar-refractivity contribution is 0.0972. The van der Waals surface area contributed by atoms with Crippen LogP contribution < -0.4 is 4.74 Å². The van der Waals surface area contributed by atoms with Crippen molar-refractivity contribution in [3.8, 4) is 5.75 Å². The van der Waals surface area contributed by atoms with Crippen molar-refractivity contribution in [1.29, 1.82) is 0 Å². The second kappa shape index (κ2) is 5.74. The summed E-state index contributed by atoms with van der Waals surface area (Å²) < 4.78 is 5.08. The van der Waals surface area contributed by atoms with Gasteiger partial charge in [0.15, 0.2) is 5.78 Å². The van der Waals surface area contributed by atoms with E-state index < -0.39 is 3.23 Å². The average Bonchev–Trinajstić information content (AvgIpc) is 2.35. The van der Waals surface area contributed by atoms with Crippen molar-refractivity contribution < 1.29 is 9.53 Å². The maximum atomic E-state index is 12.2. The Morgan fingerprint density at radius 2 is 2.17 bits per heavy atom. The van der Waals surface area contributed by atoms with Gasteiger partial charge in [0.25, 0.3) is 0 Å². The SMILES string of the molecule is CCCCOc1ccc2c(c1)CCC(Br)(Br)C2=O. The molecular formula is C14H16Br2O2. The van der Waals surface area contributed by atoms with E-state index >= 15 is 0 Å². The fourth-order valence-corrected chi connectivity index (χ4v) is 2.85. The van der Waals surface area contributed by atoms with Crippen molar-refractivity contribution in [1.82, 2.24) is 0 Å². The number of hydrogen-bond acceptors (Lipinski definition) is 2. The topological polar surface area (TPSA) is 26.3 Å². The first-order chi connectivity index (χ1) is 8.54. The zero-order chi connectivity index (χ0) is 13.2. The van der Waals surface area contributed by atoms with Crippen molar-refractivity contribution in [3.05, 3.63) is 29.3 Å². The molecule has 18 heavy (non-hydrogen) atoms. The van der Waals surface area contributed by atoms with Crippen molar-refractivity contribution in [2.75, 3.05) is 6.61 Å². The molecule has 1 aromatic rings. The number of carbonyl (C=O) groups is 1. The summed E-state index contributed by atoms with van der Waals surface area (Å²) in [5.41, 5.74) is 1.88. The van der Waals surface area contributed by atoms with Crippen LogP contribution in [0.15, 0.2) is 18.2 Å². The predicted molar refractivity (Wildman–Crippen MR) is 80.1 cm³/mol. The maximum Gasteiger partial charge on any atom is 0.190 e. The minimum atomic E-state index is -0.586. The lowest BCUT2D eigenvalue weighted by Crippen LogP contribution is -2.30. The van der Waals surface area contributed by atoms with Gasteiger partial charge in [-0.05, 0) is 43.0 Å². The summed E-state index contributed by atoms with van der Waals surface area (Å²) in [6.45, 7) is 2.88. The largest absolute Gasteiger partial charge is 0.494 e. The van der Waals surface area contributed by atoms with Gasteiger partial charge < -0.3 is 4.74 Å². The number of ketones is 1. The van der Waals surface area contributed by atoms with Crippen molar-refractivity contribution in [3.63, 3.8) is 0 Å². The number of aryl methyl sites for hydroxylation is 1. The number of ether oxygens (including phenoxy) is 1. The maximum absolute atomic E-state index is 12.2. The zero-order valence-corrected chi connectivity index (χ0v) is 13.5. The fraction of sp³-hybridized carbons (Fsp3) is 0.500. The normalized spacial score (nSPS) is 17.4. The third-order valence-corrected chi connectivity index (χ3v) is 4.64. The zero-order valence-electron chi connectivity index (χ0n) is 10.3. The highest BCUT2D eigenvalue weighted by Crippen LogP contribution is 2.40. The van der Waals surface area contributed by atoms with Gasteiger partial charge in [-0.1, -0.05) is 45.2 Å². The molecule has 0 heterocycles. The molecule has 98 valence electrons. The number of Topliss-reactive ketones (excluding diaryl/α,β-unsaturated/α-hetero) is 1. The molecule has 1 aliphatic rings. The Morgan fingerprint density at radius 3 is 2.89 bits per heavy atom. The first-order valence-electron chi connectivity index (χ1n) is 6.23. The summed E-state index contributed by atoms with van der Waals surface area (Å²) in [4.78, 5) is 12.2. The van der Waals surface area contributed by atoms with Crippen LogP contribution in [0.4, 0.5) is 0 Å². The third kappa shape index (κ3) is 2.97. The number of carbonyl (C=O) groups excluding carboxylic acids is 1. The third-order valence-electron chi connectivity index (χ3n) is 3.13. The Bertz CT molecular complexity index is 455. The highest BCUT2D eigenvalue weighted by molar-refractivity contribution is 9.26. The fourth-order valence-electron chi connectivity index (χ4n) is 2.02. The van der Waals surface area contributed by atoms with Crippen LogP contribution in [-0.2, 0) is 6.42 Å². The lowest BCUT2D eigenvalue weighted by Gasteiger charge is -2.26. The second-order valence-corrected chi connectivity index (χ2v) is 8.33. The number of rotatable bonds is 4. The van der Waals surface area contributed by atoms with Gasteiger partial charge >= 0.3 is 0 Å². The first-order valence-corrected chi connectivity index (χ1v) is 7.81. The molecule has 1 aliphatic carbocycles. The van der Waals surface area contributed by atoms with E-state index in [4.69, 9.17) is 4.74 Å². The lowest BCUT2D eigenvalue weighted by atomic mass is 9.90. The number of alkyl halides is 2. The Kier molecular flexibility index (Phi) is 4.49. The van der Waals surface area contributed by atoms with E-state index in [0.717, 1.165) is 49.2 Å². The van der Waals surface area contributed by atoms with Crippen LogP contribution in [-0.4, -0.2) is 15.6 Å². The summed E-state index contributed by atoms with van der Waals surface area (Å²) >= 11 is 6.87. The van der Waals surface area contributed by atoms with Crippen LogP contribution in [0.3, 0.4) is 0 Å². The van der Waals surface area contributed by atoms with Crippen LogP contribution in [0.25, 0.3) is 0 Å². The van der Waals surface area contributed by atoms with Gasteiger partial charge in [-0.15, -0.1) is 0 Å². The summed E-state index contributed by atoms with van der Waals surface area (Å²) in [6.07, 6.45) is 3.82. The molecule has 0 fully saturated rings. The molecule has 0 saturated carbocycles. The highest BCUT2D eigenvalue weighted by atomic mass is 79.9. The average molecular weight is 376 g/mol. The second-order valence-electron chi connectivity index (χ2n) is 4.55. The van der Waals surface area contributed by atoms with E-state index in [9.17, 15) is 4.79 Å². The number of halogens is 2. The van der Waals surface area contributed by atoms with Crippen LogP contribution in [0.5, 0.6) is 5.75 Å². The molecule has 2 rings (SSSR count). The van der Waals surface area contributed by atoms with Crippen LogP contribution in [0, 0.1) is 0 Å². The quantitative estimate of drug-likeness (QED) is 0.572. The molecule has 0 unspecified atom stereocenters. The molecule has 2 nitrogen and oxygen atoms in total. The van der Waals surface area contributed by atoms with Gasteiger partial charge in [-0.3, -0.25) is 4.79 Å². The van der Waals surface area contributed by atoms with Crippen molar-refractivity contribution in [2.45, 2.75) is 35.8 Å². The Balaban J connectivity index is 2.16. The van der Waals surface area contributed by atoms with Gasteiger partial charge in [0.2, 0.25) is 0 Å². The molecular weight excluding hydrogens is 360 g/mol. The molecule has 0 aromatic heterocycles. The van der Waals surface area contributed by atoms with Gasteiger partial charge in [0, 0.05) is 5.56 Å². The highest BCUT2D eigenvalue weighted by Gasteiger charge is 2.37. The predicted octanol–water partition coefficient (Wildman–Crippen LogP) is 4.48. The molecule has 0 N–H and O–H groups in total. The smallest absolute Gasteiger partial charge is 0.190 e. The van der Waals surface area contributed by atoms with E-state index in [1.165, 1.54) is 0 Å². The molecule has 0 aliphatic heterocycles. The van der Waals surface area contributed by atoms with Gasteiger partial charge in [0.05, 0.1) is 6.61 Å². The molecule has 0 radical (unpaired) electrons. The van der Waals surface area contributed by atoms with E-state index in [1.807, 2.05) is 18.2 Å². The van der Waals surface area contributed by atoms with Crippen LogP contribution >= 0.6 is 31.9 Å². The monoisotopic (exact) mass is 374 g/mol. The van der Waals surface area contributed by atoms with Crippen LogP contribution in [0.2, 0.25) is 0 Å². The summed E-state index contributed by atoms with van der Waals surface area (Å²) in [5, 5.41) is 0. The van der Waals surface area contributed by atoms with Crippen molar-refractivity contribution >= 4 is 37.6 Å². The van der Waals surface area contributed by atoms with E-state index in [2.05, 4.69) is 38.8 Å². The molecule has 0 spiro atoms. The Labute approximate surface area is 124 Å². The first kappa shape index (κ1) is 14.1. The Hall–Kier alpha value is -0.350. The van der Waals surface area contributed by atoms with E-state index in [1.54, 1.807) is 0 Å². The minimum Gasteiger partial charge on any atom is -0.494 e. The van der Waals surface area contributed by atoms with E-state index in [-0.39, 0.29) is 5.78 Å².